The maximum Gasteiger partial charge on any atom is 0.129 e. The van der Waals surface area contributed by atoms with Crippen molar-refractivity contribution in [1.29, 1.82) is 0 Å². The van der Waals surface area contributed by atoms with Crippen molar-refractivity contribution in [3.05, 3.63) is 47.3 Å². The van der Waals surface area contributed by atoms with E-state index < -0.39 is 0 Å². The summed E-state index contributed by atoms with van der Waals surface area (Å²) in [7, 11) is 1.70. The van der Waals surface area contributed by atoms with Crippen LogP contribution in [0.5, 0.6) is 5.75 Å². The van der Waals surface area contributed by atoms with E-state index in [1.165, 1.54) is 5.56 Å². The van der Waals surface area contributed by atoms with Gasteiger partial charge in [0.05, 0.1) is 7.11 Å². The van der Waals surface area contributed by atoms with Gasteiger partial charge in [-0.25, -0.2) is 0 Å². The number of ether oxygens (including phenoxy) is 1. The van der Waals surface area contributed by atoms with Crippen molar-refractivity contribution in [2.24, 2.45) is 5.73 Å². The molecule has 0 atom stereocenters. The second kappa shape index (κ2) is 5.19. The number of methoxy groups -OCH3 is 1. The molecule has 0 unspecified atom stereocenters. The van der Waals surface area contributed by atoms with E-state index in [-0.39, 0.29) is 0 Å². The van der Waals surface area contributed by atoms with Gasteiger partial charge in [0.1, 0.15) is 5.75 Å². The summed E-state index contributed by atoms with van der Waals surface area (Å²) >= 11 is 0. The molecule has 2 N–H and O–H groups in total. The largest absolute Gasteiger partial charge is 0.496 e. The van der Waals surface area contributed by atoms with E-state index >= 15 is 0 Å². The Bertz CT molecular complexity index is 564. The summed E-state index contributed by atoms with van der Waals surface area (Å²) in [5, 5.41) is 0. The molecule has 0 saturated heterocycles. The van der Waals surface area contributed by atoms with Crippen LogP contribution in [-0.4, -0.2) is 12.1 Å². The predicted molar refractivity (Wildman–Crippen MR) is 73.6 cm³/mol. The van der Waals surface area contributed by atoms with Crippen LogP contribution in [0.15, 0.2) is 30.6 Å². The molecule has 3 nitrogen and oxygen atoms in total. The molecule has 0 amide bonds. The number of pyridine rings is 1. The fourth-order valence-electron chi connectivity index (χ4n) is 2.03. The first-order valence-corrected chi connectivity index (χ1v) is 5.96. The summed E-state index contributed by atoms with van der Waals surface area (Å²) in [6.45, 7) is 4.64. The third-order valence-electron chi connectivity index (χ3n) is 3.22. The average Bonchev–Trinajstić information content (AvgIpc) is 2.41. The van der Waals surface area contributed by atoms with Crippen molar-refractivity contribution in [2.75, 3.05) is 7.11 Å². The van der Waals surface area contributed by atoms with Gasteiger partial charge in [0.2, 0.25) is 0 Å². The van der Waals surface area contributed by atoms with Gasteiger partial charge in [-0.05, 0) is 36.6 Å². The molecule has 0 spiro atoms. The minimum Gasteiger partial charge on any atom is -0.496 e. The molecule has 0 aliphatic heterocycles. The van der Waals surface area contributed by atoms with Gasteiger partial charge < -0.3 is 10.5 Å². The van der Waals surface area contributed by atoms with Crippen LogP contribution >= 0.6 is 0 Å². The molecule has 0 saturated carbocycles. The highest BCUT2D eigenvalue weighted by Crippen LogP contribution is 2.34. The molecule has 94 valence electrons. The lowest BCUT2D eigenvalue weighted by Crippen LogP contribution is -1.98. The van der Waals surface area contributed by atoms with E-state index in [4.69, 9.17) is 10.5 Å². The molecular formula is C15H18N2O. The lowest BCUT2D eigenvalue weighted by molar-refractivity contribution is 0.413. The monoisotopic (exact) mass is 242 g/mol. The Morgan fingerprint density at radius 1 is 1.22 bits per heavy atom. The van der Waals surface area contributed by atoms with Crippen LogP contribution in [0.1, 0.15) is 16.7 Å². The summed E-state index contributed by atoms with van der Waals surface area (Å²) in [4.78, 5) is 4.22. The first-order chi connectivity index (χ1) is 8.67. The van der Waals surface area contributed by atoms with Crippen LogP contribution < -0.4 is 10.5 Å². The molecule has 3 heteroatoms. The Kier molecular flexibility index (Phi) is 3.63. The number of rotatable bonds is 3. The molecule has 18 heavy (non-hydrogen) atoms. The number of aromatic nitrogens is 1. The number of nitrogens with two attached hydrogens (primary N) is 1. The molecule has 0 aliphatic carbocycles. The molecule has 1 aromatic heterocycles. The maximum atomic E-state index is 5.65. The molecule has 1 aromatic carbocycles. The van der Waals surface area contributed by atoms with Crippen molar-refractivity contribution in [1.82, 2.24) is 4.98 Å². The second-order valence-electron chi connectivity index (χ2n) is 4.37. The van der Waals surface area contributed by atoms with Gasteiger partial charge in [-0.15, -0.1) is 0 Å². The van der Waals surface area contributed by atoms with Crippen molar-refractivity contribution < 1.29 is 4.74 Å². The van der Waals surface area contributed by atoms with Crippen LogP contribution in [0.4, 0.5) is 0 Å². The zero-order valence-corrected chi connectivity index (χ0v) is 11.0. The Morgan fingerprint density at radius 2 is 2.00 bits per heavy atom. The highest BCUT2D eigenvalue weighted by Gasteiger charge is 2.10. The van der Waals surface area contributed by atoms with Gasteiger partial charge in [0.15, 0.2) is 0 Å². The zero-order valence-electron chi connectivity index (χ0n) is 11.0. The third kappa shape index (κ3) is 2.22. The van der Waals surface area contributed by atoms with E-state index in [2.05, 4.69) is 37.0 Å². The Morgan fingerprint density at radius 3 is 2.67 bits per heavy atom. The first kappa shape index (κ1) is 12.6. The Labute approximate surface area is 108 Å². The molecule has 2 aromatic rings. The standard InChI is InChI=1S/C15H18N2O/c1-10-4-5-14(15(18-3)11(10)2)13-6-12(7-16)8-17-9-13/h4-6,8-9H,7,16H2,1-3H3. The lowest BCUT2D eigenvalue weighted by Gasteiger charge is -2.13. The topological polar surface area (TPSA) is 48.1 Å². The minimum absolute atomic E-state index is 0.494. The van der Waals surface area contributed by atoms with Crippen molar-refractivity contribution >= 4 is 0 Å². The van der Waals surface area contributed by atoms with Gasteiger partial charge >= 0.3 is 0 Å². The number of aryl methyl sites for hydroxylation is 1. The molecule has 0 fully saturated rings. The Balaban J connectivity index is 2.59. The van der Waals surface area contributed by atoms with E-state index in [1.807, 2.05) is 6.20 Å². The van der Waals surface area contributed by atoms with Gasteiger partial charge in [0, 0.05) is 30.1 Å². The molecular weight excluding hydrogens is 224 g/mol. The van der Waals surface area contributed by atoms with Crippen LogP contribution in [0, 0.1) is 13.8 Å². The van der Waals surface area contributed by atoms with Crippen LogP contribution in [-0.2, 0) is 6.54 Å². The number of hydrogen-bond acceptors (Lipinski definition) is 3. The van der Waals surface area contributed by atoms with Gasteiger partial charge in [-0.2, -0.15) is 0 Å². The number of hydrogen-bond donors (Lipinski definition) is 1. The maximum absolute atomic E-state index is 5.65. The number of nitrogens with zero attached hydrogens (tertiary/aromatic N) is 1. The fraction of sp³-hybridized carbons (Fsp3) is 0.267. The third-order valence-corrected chi connectivity index (χ3v) is 3.22. The number of benzene rings is 1. The molecule has 0 radical (unpaired) electrons. The van der Waals surface area contributed by atoms with Crippen LogP contribution in [0.25, 0.3) is 11.1 Å². The Hall–Kier alpha value is -1.87. The normalized spacial score (nSPS) is 10.4. The van der Waals surface area contributed by atoms with E-state index in [0.29, 0.717) is 6.54 Å². The van der Waals surface area contributed by atoms with Gasteiger partial charge in [0.25, 0.3) is 0 Å². The first-order valence-electron chi connectivity index (χ1n) is 5.96. The molecule has 2 rings (SSSR count). The summed E-state index contributed by atoms with van der Waals surface area (Å²) < 4.78 is 5.53. The summed E-state index contributed by atoms with van der Waals surface area (Å²) in [6.07, 6.45) is 3.63. The van der Waals surface area contributed by atoms with Crippen LogP contribution in [0.3, 0.4) is 0 Å². The second-order valence-corrected chi connectivity index (χ2v) is 4.37. The van der Waals surface area contributed by atoms with Crippen molar-refractivity contribution in [2.45, 2.75) is 20.4 Å². The van der Waals surface area contributed by atoms with Gasteiger partial charge in [-0.1, -0.05) is 12.1 Å². The highest BCUT2D eigenvalue weighted by atomic mass is 16.5. The van der Waals surface area contributed by atoms with Crippen LogP contribution in [0.2, 0.25) is 0 Å². The predicted octanol–water partition coefficient (Wildman–Crippen LogP) is 2.83. The minimum atomic E-state index is 0.494. The van der Waals surface area contributed by atoms with Crippen molar-refractivity contribution in [3.8, 4) is 16.9 Å². The summed E-state index contributed by atoms with van der Waals surface area (Å²) in [6, 6.07) is 6.22. The zero-order chi connectivity index (χ0) is 13.1. The van der Waals surface area contributed by atoms with E-state index in [1.54, 1.807) is 13.3 Å². The molecule has 0 bridgehead atoms. The van der Waals surface area contributed by atoms with Crippen molar-refractivity contribution in [3.63, 3.8) is 0 Å². The lowest BCUT2D eigenvalue weighted by atomic mass is 9.99. The molecule has 0 aliphatic rings. The molecule has 1 heterocycles. The highest BCUT2D eigenvalue weighted by molar-refractivity contribution is 5.72. The fourth-order valence-corrected chi connectivity index (χ4v) is 2.03. The average molecular weight is 242 g/mol. The smallest absolute Gasteiger partial charge is 0.129 e. The SMILES string of the molecule is COc1c(-c2cncc(CN)c2)ccc(C)c1C. The van der Waals surface area contributed by atoms with E-state index in [9.17, 15) is 0 Å². The quantitative estimate of drug-likeness (QED) is 0.900. The summed E-state index contributed by atoms with van der Waals surface area (Å²) in [5.74, 6) is 0.908. The van der Waals surface area contributed by atoms with E-state index in [0.717, 1.165) is 28.0 Å². The van der Waals surface area contributed by atoms with Gasteiger partial charge in [-0.3, -0.25) is 4.98 Å². The summed E-state index contributed by atoms with van der Waals surface area (Å²) in [5.41, 5.74) is 11.2.